The van der Waals surface area contributed by atoms with Gasteiger partial charge in [0.2, 0.25) is 5.43 Å². The van der Waals surface area contributed by atoms with E-state index in [1.807, 2.05) is 6.07 Å². The van der Waals surface area contributed by atoms with Gasteiger partial charge in [0.05, 0.1) is 12.2 Å². The second kappa shape index (κ2) is 6.55. The smallest absolute Gasteiger partial charge is 0.428 e. The third-order valence-electron chi connectivity index (χ3n) is 4.42. The average Bonchev–Trinajstić information content (AvgIpc) is 2.70. The SMILES string of the molecule is CC(C)(C)OC(=O)Oc1cc(C2CC3CCC(C2)O3)cccc1=O. The van der Waals surface area contributed by atoms with Gasteiger partial charge in [0, 0.05) is 0 Å². The molecule has 1 aromatic rings. The van der Waals surface area contributed by atoms with Crippen LogP contribution in [0.5, 0.6) is 5.75 Å². The number of hydrogen-bond donors (Lipinski definition) is 0. The molecular weight excluding hydrogens is 308 g/mol. The maximum atomic E-state index is 12.1. The van der Waals surface area contributed by atoms with Crippen LogP contribution in [0.4, 0.5) is 4.79 Å². The molecule has 1 aromatic carbocycles. The van der Waals surface area contributed by atoms with Crippen molar-refractivity contribution in [3.8, 4) is 5.75 Å². The predicted octanol–water partition coefficient (Wildman–Crippen LogP) is 3.79. The maximum absolute atomic E-state index is 12.1. The van der Waals surface area contributed by atoms with Crippen LogP contribution in [0.3, 0.4) is 0 Å². The van der Waals surface area contributed by atoms with Gasteiger partial charge < -0.3 is 14.2 Å². The molecule has 0 N–H and O–H groups in total. The summed E-state index contributed by atoms with van der Waals surface area (Å²) >= 11 is 0. The third-order valence-corrected chi connectivity index (χ3v) is 4.42. The zero-order chi connectivity index (χ0) is 17.3. The van der Waals surface area contributed by atoms with Crippen molar-refractivity contribution in [1.82, 2.24) is 0 Å². The first-order valence-electron chi connectivity index (χ1n) is 8.51. The molecule has 0 aliphatic carbocycles. The van der Waals surface area contributed by atoms with E-state index in [4.69, 9.17) is 14.2 Å². The highest BCUT2D eigenvalue weighted by molar-refractivity contribution is 5.64. The Morgan fingerprint density at radius 1 is 1.17 bits per heavy atom. The molecule has 0 aromatic heterocycles. The van der Waals surface area contributed by atoms with Crippen LogP contribution in [0.2, 0.25) is 0 Å². The van der Waals surface area contributed by atoms with Crippen molar-refractivity contribution in [3.05, 3.63) is 40.1 Å². The molecule has 2 saturated heterocycles. The Balaban J connectivity index is 1.81. The number of carbonyl (C=O) groups is 1. The zero-order valence-electron chi connectivity index (χ0n) is 14.4. The van der Waals surface area contributed by atoms with Gasteiger partial charge in [-0.05, 0) is 70.1 Å². The lowest BCUT2D eigenvalue weighted by Crippen LogP contribution is -2.27. The van der Waals surface area contributed by atoms with E-state index in [-0.39, 0.29) is 11.2 Å². The van der Waals surface area contributed by atoms with Gasteiger partial charge in [0.25, 0.3) is 0 Å². The molecule has 24 heavy (non-hydrogen) atoms. The van der Waals surface area contributed by atoms with E-state index in [0.29, 0.717) is 18.1 Å². The standard InChI is InChI=1S/C19H24O5/c1-19(2,3)24-18(21)23-17-11-12(5-4-6-16(17)20)13-9-14-7-8-15(10-13)22-14/h4-6,11,13-15H,7-10H2,1-3H3. The van der Waals surface area contributed by atoms with Crippen molar-refractivity contribution in [2.45, 2.75) is 70.2 Å². The lowest BCUT2D eigenvalue weighted by atomic mass is 9.89. The molecule has 2 bridgehead atoms. The molecular formula is C19H24O5. The Hall–Kier alpha value is -1.88. The Morgan fingerprint density at radius 2 is 1.83 bits per heavy atom. The van der Waals surface area contributed by atoms with E-state index >= 15 is 0 Å². The maximum Gasteiger partial charge on any atom is 0.514 e. The molecule has 2 aliphatic heterocycles. The molecule has 5 heteroatoms. The molecule has 0 radical (unpaired) electrons. The highest BCUT2D eigenvalue weighted by Crippen LogP contribution is 2.41. The van der Waals surface area contributed by atoms with Crippen molar-refractivity contribution < 1.29 is 19.0 Å². The first-order chi connectivity index (χ1) is 11.3. The highest BCUT2D eigenvalue weighted by atomic mass is 16.7. The summed E-state index contributed by atoms with van der Waals surface area (Å²) in [6.45, 7) is 5.25. The van der Waals surface area contributed by atoms with Crippen molar-refractivity contribution in [2.24, 2.45) is 0 Å². The summed E-state index contributed by atoms with van der Waals surface area (Å²) < 4.78 is 16.2. The molecule has 5 nitrogen and oxygen atoms in total. The van der Waals surface area contributed by atoms with E-state index in [9.17, 15) is 9.59 Å². The third kappa shape index (κ3) is 4.15. The van der Waals surface area contributed by atoms with E-state index in [0.717, 1.165) is 31.2 Å². The normalized spacial score (nSPS) is 26.0. The Bertz CT molecular complexity index is 664. The van der Waals surface area contributed by atoms with Gasteiger partial charge in [-0.3, -0.25) is 4.79 Å². The van der Waals surface area contributed by atoms with E-state index in [2.05, 4.69) is 0 Å². The fraction of sp³-hybridized carbons (Fsp3) is 0.579. The zero-order valence-corrected chi connectivity index (χ0v) is 14.4. The summed E-state index contributed by atoms with van der Waals surface area (Å²) in [4.78, 5) is 24.0. The van der Waals surface area contributed by atoms with E-state index in [1.165, 1.54) is 6.07 Å². The summed E-state index contributed by atoms with van der Waals surface area (Å²) in [7, 11) is 0. The first-order valence-corrected chi connectivity index (χ1v) is 8.51. The summed E-state index contributed by atoms with van der Waals surface area (Å²) in [6, 6.07) is 6.74. The fourth-order valence-electron chi connectivity index (χ4n) is 3.42. The first kappa shape index (κ1) is 17.0. The van der Waals surface area contributed by atoms with Crippen molar-refractivity contribution in [2.75, 3.05) is 0 Å². The summed E-state index contributed by atoms with van der Waals surface area (Å²) in [6.07, 6.45) is 3.86. The van der Waals surface area contributed by atoms with Gasteiger partial charge in [-0.1, -0.05) is 12.1 Å². The average molecular weight is 332 g/mol. The fourth-order valence-corrected chi connectivity index (χ4v) is 3.42. The second-order valence-electron chi connectivity index (χ2n) is 7.59. The van der Waals surface area contributed by atoms with Crippen LogP contribution in [0.15, 0.2) is 29.1 Å². The number of rotatable bonds is 2. The molecule has 2 heterocycles. The monoisotopic (exact) mass is 332 g/mol. The molecule has 2 unspecified atom stereocenters. The lowest BCUT2D eigenvalue weighted by molar-refractivity contribution is -0.00390. The summed E-state index contributed by atoms with van der Waals surface area (Å²) in [5, 5.41) is 0. The Labute approximate surface area is 141 Å². The molecule has 0 amide bonds. The van der Waals surface area contributed by atoms with Crippen LogP contribution in [0.25, 0.3) is 0 Å². The molecule has 2 fully saturated rings. The van der Waals surface area contributed by atoms with Crippen molar-refractivity contribution in [3.63, 3.8) is 0 Å². The van der Waals surface area contributed by atoms with Crippen LogP contribution < -0.4 is 10.2 Å². The largest absolute Gasteiger partial charge is 0.514 e. The number of fused-ring (bicyclic) bond motifs is 2. The van der Waals surface area contributed by atoms with Crippen LogP contribution in [-0.2, 0) is 9.47 Å². The topological polar surface area (TPSA) is 61.8 Å². The lowest BCUT2D eigenvalue weighted by Gasteiger charge is -2.28. The van der Waals surface area contributed by atoms with Crippen LogP contribution in [-0.4, -0.2) is 24.0 Å². The van der Waals surface area contributed by atoms with Crippen LogP contribution in [0.1, 0.15) is 57.9 Å². The number of carbonyl (C=O) groups excluding carboxylic acids is 1. The minimum absolute atomic E-state index is 0.0167. The highest BCUT2D eigenvalue weighted by Gasteiger charge is 2.35. The second-order valence-corrected chi connectivity index (χ2v) is 7.59. The van der Waals surface area contributed by atoms with Crippen molar-refractivity contribution >= 4 is 6.16 Å². The number of ether oxygens (including phenoxy) is 3. The van der Waals surface area contributed by atoms with Crippen LogP contribution in [0, 0.1) is 0 Å². The number of hydrogen-bond acceptors (Lipinski definition) is 5. The van der Waals surface area contributed by atoms with Gasteiger partial charge in [0.1, 0.15) is 5.60 Å². The van der Waals surface area contributed by atoms with Gasteiger partial charge in [-0.2, -0.15) is 0 Å². The predicted molar refractivity (Wildman–Crippen MR) is 89.4 cm³/mol. The van der Waals surface area contributed by atoms with Crippen molar-refractivity contribution in [1.29, 1.82) is 0 Å². The Morgan fingerprint density at radius 3 is 2.46 bits per heavy atom. The summed E-state index contributed by atoms with van der Waals surface area (Å²) in [5.41, 5.74) is 0.0119. The minimum atomic E-state index is -0.858. The molecule has 2 atom stereocenters. The summed E-state index contributed by atoms with van der Waals surface area (Å²) in [5.74, 6) is 0.340. The van der Waals surface area contributed by atoms with Gasteiger partial charge in [-0.15, -0.1) is 0 Å². The molecule has 0 spiro atoms. The van der Waals surface area contributed by atoms with Gasteiger partial charge in [0.15, 0.2) is 5.75 Å². The Kier molecular flexibility index (Phi) is 4.63. The molecule has 2 aliphatic rings. The molecule has 3 rings (SSSR count). The van der Waals surface area contributed by atoms with E-state index < -0.39 is 11.8 Å². The quantitative estimate of drug-likeness (QED) is 0.771. The van der Waals surface area contributed by atoms with Gasteiger partial charge >= 0.3 is 6.16 Å². The minimum Gasteiger partial charge on any atom is -0.428 e. The van der Waals surface area contributed by atoms with E-state index in [1.54, 1.807) is 32.9 Å². The molecule has 130 valence electrons. The van der Waals surface area contributed by atoms with Gasteiger partial charge in [-0.25, -0.2) is 4.79 Å². The molecule has 0 saturated carbocycles. The van der Waals surface area contributed by atoms with Crippen LogP contribution >= 0.6 is 0 Å².